The van der Waals surface area contributed by atoms with Crippen LogP contribution in [-0.2, 0) is 0 Å². The van der Waals surface area contributed by atoms with Crippen molar-refractivity contribution in [2.45, 2.75) is 96.8 Å². The molecule has 2 aliphatic carbocycles. The van der Waals surface area contributed by atoms with Crippen LogP contribution >= 0.6 is 0 Å². The van der Waals surface area contributed by atoms with Gasteiger partial charge in [0, 0.05) is 0 Å². The first-order valence-electron chi connectivity index (χ1n) is 11.2. The summed E-state index contributed by atoms with van der Waals surface area (Å²) in [5.74, 6) is 2.78. The van der Waals surface area contributed by atoms with Gasteiger partial charge in [0.15, 0.2) is 5.83 Å². The van der Waals surface area contributed by atoms with E-state index >= 15 is 0 Å². The summed E-state index contributed by atoms with van der Waals surface area (Å²) in [5.41, 5.74) is 0. The molecule has 0 aromatic carbocycles. The molecule has 2 aliphatic rings. The van der Waals surface area contributed by atoms with Crippen LogP contribution in [0, 0.1) is 35.0 Å². The molecule has 0 bridgehead atoms. The minimum Gasteiger partial charge on any atom is -0.195 e. The van der Waals surface area contributed by atoms with E-state index in [0.29, 0.717) is 5.92 Å². The fourth-order valence-corrected chi connectivity index (χ4v) is 5.13. The van der Waals surface area contributed by atoms with Gasteiger partial charge in [0.05, 0.1) is 0 Å². The first-order valence-corrected chi connectivity index (χ1v) is 11.2. The van der Waals surface area contributed by atoms with Gasteiger partial charge in [0.1, 0.15) is 6.07 Å². The fourth-order valence-electron chi connectivity index (χ4n) is 5.13. The van der Waals surface area contributed by atoms with E-state index in [0.717, 1.165) is 17.8 Å². The fraction of sp³-hybridized carbons (Fsp3) is 0.792. The lowest BCUT2D eigenvalue weighted by atomic mass is 9.68. The van der Waals surface area contributed by atoms with Gasteiger partial charge in [0.25, 0.3) is 0 Å². The third kappa shape index (κ3) is 7.65. The minimum atomic E-state index is -0.697. The van der Waals surface area contributed by atoms with Gasteiger partial charge in [-0.15, -0.1) is 0 Å². The van der Waals surface area contributed by atoms with Crippen LogP contribution in [0.4, 0.5) is 4.39 Å². The maximum atomic E-state index is 12.8. The van der Waals surface area contributed by atoms with E-state index in [-0.39, 0.29) is 0 Å². The molecular weight excluding hydrogens is 321 g/mol. The second kappa shape index (κ2) is 12.3. The van der Waals surface area contributed by atoms with E-state index in [1.54, 1.807) is 6.08 Å². The summed E-state index contributed by atoms with van der Waals surface area (Å²) in [6.07, 6.45) is 24.7. The third-order valence-corrected chi connectivity index (χ3v) is 6.82. The van der Waals surface area contributed by atoms with E-state index < -0.39 is 5.83 Å². The first-order chi connectivity index (χ1) is 12.7. The molecule has 2 saturated carbocycles. The van der Waals surface area contributed by atoms with Crippen molar-refractivity contribution in [3.8, 4) is 6.07 Å². The smallest absolute Gasteiger partial charge is 0.195 e. The molecule has 0 amide bonds. The Hall–Kier alpha value is -1.10. The molecule has 2 fully saturated rings. The van der Waals surface area contributed by atoms with Crippen molar-refractivity contribution < 1.29 is 4.39 Å². The number of hydrogen-bond acceptors (Lipinski definition) is 1. The van der Waals surface area contributed by atoms with Gasteiger partial charge in [-0.05, 0) is 68.3 Å². The molecule has 0 N–H and O–H groups in total. The van der Waals surface area contributed by atoms with Gasteiger partial charge >= 0.3 is 0 Å². The Labute approximate surface area is 160 Å². The summed E-state index contributed by atoms with van der Waals surface area (Å²) in [4.78, 5) is 0. The summed E-state index contributed by atoms with van der Waals surface area (Å²) in [5, 5.41) is 8.42. The number of nitriles is 1. The zero-order valence-corrected chi connectivity index (χ0v) is 16.8. The van der Waals surface area contributed by atoms with Crippen molar-refractivity contribution in [1.82, 2.24) is 0 Å². The Morgan fingerprint density at radius 1 is 0.923 bits per heavy atom. The topological polar surface area (TPSA) is 23.8 Å². The van der Waals surface area contributed by atoms with E-state index in [9.17, 15) is 4.39 Å². The molecule has 1 nitrogen and oxygen atoms in total. The van der Waals surface area contributed by atoms with Crippen LogP contribution in [0.2, 0.25) is 0 Å². The predicted molar refractivity (Wildman–Crippen MR) is 108 cm³/mol. The van der Waals surface area contributed by atoms with Crippen molar-refractivity contribution in [2.24, 2.45) is 23.7 Å². The Bertz CT molecular complexity index is 471. The van der Waals surface area contributed by atoms with E-state index in [4.69, 9.17) is 5.26 Å². The summed E-state index contributed by atoms with van der Waals surface area (Å²) in [6.45, 7) is 2.29. The molecule has 0 saturated heterocycles. The molecule has 0 atom stereocenters. The molecule has 0 heterocycles. The lowest BCUT2D eigenvalue weighted by Crippen LogP contribution is -2.25. The van der Waals surface area contributed by atoms with E-state index in [1.165, 1.54) is 102 Å². The molecule has 0 spiro atoms. The number of allylic oxidation sites excluding steroid dienone is 4. The quantitative estimate of drug-likeness (QED) is 0.233. The van der Waals surface area contributed by atoms with Gasteiger partial charge in [-0.3, -0.25) is 0 Å². The van der Waals surface area contributed by atoms with Crippen LogP contribution in [-0.4, -0.2) is 0 Å². The molecule has 0 unspecified atom stereocenters. The van der Waals surface area contributed by atoms with Crippen molar-refractivity contribution >= 4 is 0 Å². The third-order valence-electron chi connectivity index (χ3n) is 6.82. The van der Waals surface area contributed by atoms with Crippen molar-refractivity contribution in [2.75, 3.05) is 0 Å². The van der Waals surface area contributed by atoms with Crippen LogP contribution in [0.1, 0.15) is 96.8 Å². The standard InChI is InChI=1S/C24H38FN/c1-2-3-4-5-6-8-20-11-15-22(16-12-20)23-17-13-21(14-18-23)9-7-10-24(25)19-26/h7,9-10,20-23H,2-6,8,11-18H2,1H3/t20-,21?,22-,23?. The minimum absolute atomic E-state index is 0.577. The zero-order chi connectivity index (χ0) is 18.6. The summed E-state index contributed by atoms with van der Waals surface area (Å²) in [7, 11) is 0. The molecule has 0 aromatic rings. The second-order valence-corrected chi connectivity index (χ2v) is 8.67. The average Bonchev–Trinajstić information content (AvgIpc) is 2.69. The highest BCUT2D eigenvalue weighted by Crippen LogP contribution is 2.42. The van der Waals surface area contributed by atoms with Crippen LogP contribution in [0.25, 0.3) is 0 Å². The lowest BCUT2D eigenvalue weighted by Gasteiger charge is -2.37. The van der Waals surface area contributed by atoms with Gasteiger partial charge in [-0.2, -0.15) is 9.65 Å². The number of halogens is 1. The number of nitrogens with zero attached hydrogens (tertiary/aromatic N) is 1. The van der Waals surface area contributed by atoms with Gasteiger partial charge in [-0.25, -0.2) is 0 Å². The molecule has 146 valence electrons. The summed E-state index contributed by atoms with van der Waals surface area (Å²) >= 11 is 0. The highest BCUT2D eigenvalue weighted by molar-refractivity contribution is 5.19. The molecule has 0 aliphatic heterocycles. The molecule has 2 heteroatoms. The SMILES string of the molecule is CCCCCCC[C@H]1CC[C@H](C2CCC(C=CC=C(F)C#N)CC2)CC1. The van der Waals surface area contributed by atoms with Crippen LogP contribution in [0.3, 0.4) is 0 Å². The first kappa shape index (κ1) is 21.2. The molecule has 26 heavy (non-hydrogen) atoms. The van der Waals surface area contributed by atoms with Crippen LogP contribution < -0.4 is 0 Å². The summed E-state index contributed by atoms with van der Waals surface area (Å²) < 4.78 is 12.8. The normalized spacial score (nSPS) is 30.4. The van der Waals surface area contributed by atoms with Gasteiger partial charge in [0.2, 0.25) is 0 Å². The van der Waals surface area contributed by atoms with E-state index in [1.807, 2.05) is 0 Å². The van der Waals surface area contributed by atoms with Crippen molar-refractivity contribution in [3.63, 3.8) is 0 Å². The molecule has 0 aromatic heterocycles. The maximum absolute atomic E-state index is 12.8. The molecule has 0 radical (unpaired) electrons. The van der Waals surface area contributed by atoms with Crippen molar-refractivity contribution in [1.29, 1.82) is 5.26 Å². The second-order valence-electron chi connectivity index (χ2n) is 8.67. The highest BCUT2D eigenvalue weighted by atomic mass is 19.1. The number of hydrogen-bond donors (Lipinski definition) is 0. The largest absolute Gasteiger partial charge is 0.199 e. The van der Waals surface area contributed by atoms with Crippen LogP contribution in [0.15, 0.2) is 24.1 Å². The van der Waals surface area contributed by atoms with Crippen molar-refractivity contribution in [3.05, 3.63) is 24.1 Å². The zero-order valence-electron chi connectivity index (χ0n) is 16.8. The van der Waals surface area contributed by atoms with Crippen LogP contribution in [0.5, 0.6) is 0 Å². The molecular formula is C24H38FN. The Morgan fingerprint density at radius 3 is 2.15 bits per heavy atom. The average molecular weight is 360 g/mol. The Morgan fingerprint density at radius 2 is 1.54 bits per heavy atom. The highest BCUT2D eigenvalue weighted by Gasteiger charge is 2.30. The predicted octanol–water partition coefficient (Wildman–Crippen LogP) is 7.89. The Kier molecular flexibility index (Phi) is 10.0. The van der Waals surface area contributed by atoms with Gasteiger partial charge < -0.3 is 0 Å². The number of unbranched alkanes of at least 4 members (excludes halogenated alkanes) is 4. The molecule has 2 rings (SSSR count). The lowest BCUT2D eigenvalue weighted by molar-refractivity contribution is 0.151. The number of rotatable bonds is 9. The maximum Gasteiger partial charge on any atom is 0.199 e. The van der Waals surface area contributed by atoms with E-state index in [2.05, 4.69) is 13.0 Å². The van der Waals surface area contributed by atoms with Gasteiger partial charge in [-0.1, -0.05) is 70.4 Å². The summed E-state index contributed by atoms with van der Waals surface area (Å²) in [6, 6.07) is 1.52. The Balaban J connectivity index is 1.60. The monoisotopic (exact) mass is 359 g/mol.